The molecule has 0 unspecified atom stereocenters. The second-order valence-electron chi connectivity index (χ2n) is 8.33. The smallest absolute Gasteiger partial charge is 0.191 e. The Balaban J connectivity index is 2.08. The molecule has 1 aliphatic heterocycles. The van der Waals surface area contributed by atoms with Gasteiger partial charge in [-0.15, -0.1) is 0 Å². The van der Waals surface area contributed by atoms with Crippen LogP contribution in [0.1, 0.15) is 64.7 Å². The SMILES string of the molecule is CC(C)[Si](C[C@@H]1CC[C@H](C(=O)c2ccccc2)O1)(C(C)C)C(C)C. The molecule has 0 aliphatic carbocycles. The monoisotopic (exact) mass is 346 g/mol. The van der Waals surface area contributed by atoms with E-state index in [0.29, 0.717) is 0 Å². The first-order valence-electron chi connectivity index (χ1n) is 9.53. The lowest BCUT2D eigenvalue weighted by Gasteiger charge is -2.44. The van der Waals surface area contributed by atoms with Crippen molar-refractivity contribution in [1.82, 2.24) is 0 Å². The average Bonchev–Trinajstić information content (AvgIpc) is 3.00. The Labute approximate surface area is 149 Å². The van der Waals surface area contributed by atoms with Crippen molar-refractivity contribution in [2.24, 2.45) is 0 Å². The van der Waals surface area contributed by atoms with Crippen LogP contribution in [0, 0.1) is 0 Å². The van der Waals surface area contributed by atoms with Gasteiger partial charge in [0.1, 0.15) is 6.10 Å². The Morgan fingerprint density at radius 1 is 1.00 bits per heavy atom. The van der Waals surface area contributed by atoms with E-state index in [0.717, 1.165) is 35.0 Å². The van der Waals surface area contributed by atoms with Crippen LogP contribution in [0.5, 0.6) is 0 Å². The molecule has 3 heteroatoms. The zero-order chi connectivity index (χ0) is 17.9. The number of ether oxygens (including phenoxy) is 1. The average molecular weight is 347 g/mol. The lowest BCUT2D eigenvalue weighted by atomic mass is 10.0. The third-order valence-corrected chi connectivity index (χ3v) is 13.9. The van der Waals surface area contributed by atoms with E-state index in [1.165, 1.54) is 6.04 Å². The lowest BCUT2D eigenvalue weighted by molar-refractivity contribution is 0.0426. The highest BCUT2D eigenvalue weighted by Gasteiger charge is 2.46. The molecule has 1 heterocycles. The van der Waals surface area contributed by atoms with E-state index in [9.17, 15) is 4.79 Å². The molecule has 24 heavy (non-hydrogen) atoms. The zero-order valence-corrected chi connectivity index (χ0v) is 17.2. The van der Waals surface area contributed by atoms with Gasteiger partial charge in [-0.1, -0.05) is 88.5 Å². The summed E-state index contributed by atoms with van der Waals surface area (Å²) in [4.78, 5) is 12.6. The first-order chi connectivity index (χ1) is 11.3. The van der Waals surface area contributed by atoms with E-state index in [1.807, 2.05) is 30.3 Å². The molecule has 1 saturated heterocycles. The highest BCUT2D eigenvalue weighted by atomic mass is 28.3. The van der Waals surface area contributed by atoms with Gasteiger partial charge in [0.25, 0.3) is 0 Å². The Morgan fingerprint density at radius 3 is 2.04 bits per heavy atom. The Morgan fingerprint density at radius 2 is 1.54 bits per heavy atom. The molecule has 2 rings (SSSR count). The number of carbonyl (C=O) groups excluding carboxylic acids is 1. The van der Waals surface area contributed by atoms with E-state index in [2.05, 4.69) is 41.5 Å². The number of rotatable bonds is 7. The maximum Gasteiger partial charge on any atom is 0.191 e. The van der Waals surface area contributed by atoms with Gasteiger partial charge in [0.2, 0.25) is 0 Å². The summed E-state index contributed by atoms with van der Waals surface area (Å²) < 4.78 is 6.27. The van der Waals surface area contributed by atoms with Gasteiger partial charge in [-0.3, -0.25) is 4.79 Å². The molecule has 0 radical (unpaired) electrons. The van der Waals surface area contributed by atoms with Gasteiger partial charge in [-0.25, -0.2) is 0 Å². The highest BCUT2D eigenvalue weighted by Crippen LogP contribution is 2.47. The van der Waals surface area contributed by atoms with Gasteiger partial charge in [0, 0.05) is 5.56 Å². The fourth-order valence-corrected chi connectivity index (χ4v) is 11.4. The molecule has 1 fully saturated rings. The molecule has 2 nitrogen and oxygen atoms in total. The van der Waals surface area contributed by atoms with Crippen molar-refractivity contribution in [3.63, 3.8) is 0 Å². The van der Waals surface area contributed by atoms with Crippen LogP contribution in [0.15, 0.2) is 30.3 Å². The maximum atomic E-state index is 12.6. The third-order valence-electron chi connectivity index (χ3n) is 6.26. The van der Waals surface area contributed by atoms with E-state index in [4.69, 9.17) is 4.74 Å². The van der Waals surface area contributed by atoms with Crippen LogP contribution in [0.4, 0.5) is 0 Å². The lowest BCUT2D eigenvalue weighted by Crippen LogP contribution is -2.47. The standard InChI is InChI=1S/C21H34O2Si/c1-15(2)24(16(3)4,17(5)6)14-19-12-13-20(23-19)21(22)18-10-8-7-9-11-18/h7-11,15-17,19-20H,12-14H2,1-6H3/t19-,20+/m0/s1. The molecule has 0 amide bonds. The molecule has 2 atom stereocenters. The van der Waals surface area contributed by atoms with Crippen molar-refractivity contribution in [3.8, 4) is 0 Å². The first-order valence-corrected chi connectivity index (χ1v) is 12.0. The van der Waals surface area contributed by atoms with Crippen LogP contribution >= 0.6 is 0 Å². The minimum atomic E-state index is -1.47. The molecule has 0 aromatic heterocycles. The number of carbonyl (C=O) groups is 1. The summed E-state index contributed by atoms with van der Waals surface area (Å²) in [5, 5.41) is 0. The van der Waals surface area contributed by atoms with Crippen molar-refractivity contribution in [2.75, 3.05) is 0 Å². The van der Waals surface area contributed by atoms with E-state index in [-0.39, 0.29) is 18.0 Å². The summed E-state index contributed by atoms with van der Waals surface area (Å²) in [6, 6.07) is 10.8. The normalized spacial score (nSPS) is 21.9. The molecule has 0 spiro atoms. The fourth-order valence-electron chi connectivity index (χ4n) is 4.94. The minimum Gasteiger partial charge on any atom is -0.367 e. The second-order valence-corrected chi connectivity index (χ2v) is 14.4. The quantitative estimate of drug-likeness (QED) is 0.441. The van der Waals surface area contributed by atoms with Gasteiger partial charge < -0.3 is 4.74 Å². The van der Waals surface area contributed by atoms with Crippen molar-refractivity contribution in [3.05, 3.63) is 35.9 Å². The number of hydrogen-bond acceptors (Lipinski definition) is 2. The van der Waals surface area contributed by atoms with Gasteiger partial charge >= 0.3 is 0 Å². The second kappa shape index (κ2) is 7.96. The van der Waals surface area contributed by atoms with Gasteiger partial charge in [0.15, 0.2) is 5.78 Å². The molecule has 0 N–H and O–H groups in total. The molecule has 0 saturated carbocycles. The number of ketones is 1. The molecule has 134 valence electrons. The van der Waals surface area contributed by atoms with Crippen LogP contribution in [-0.2, 0) is 4.74 Å². The number of Topliss-reactive ketones (excluding diaryl/α,β-unsaturated/α-hetero) is 1. The third kappa shape index (κ3) is 3.83. The van der Waals surface area contributed by atoms with Gasteiger partial charge in [-0.05, 0) is 18.9 Å². The predicted octanol–water partition coefficient (Wildman–Crippen LogP) is 6.10. The zero-order valence-electron chi connectivity index (χ0n) is 16.2. The van der Waals surface area contributed by atoms with Crippen molar-refractivity contribution in [2.45, 2.75) is 89.3 Å². The summed E-state index contributed by atoms with van der Waals surface area (Å²) in [6.45, 7) is 14.4. The van der Waals surface area contributed by atoms with Crippen LogP contribution in [0.3, 0.4) is 0 Å². The highest BCUT2D eigenvalue weighted by molar-refractivity contribution is 6.83. The first kappa shape index (κ1) is 19.4. The predicted molar refractivity (Wildman–Crippen MR) is 105 cm³/mol. The summed E-state index contributed by atoms with van der Waals surface area (Å²) in [7, 11) is -1.47. The number of benzene rings is 1. The Bertz CT molecular complexity index is 514. The maximum absolute atomic E-state index is 12.6. The van der Waals surface area contributed by atoms with Crippen LogP contribution < -0.4 is 0 Å². The molecule has 1 aromatic carbocycles. The summed E-state index contributed by atoms with van der Waals surface area (Å²) >= 11 is 0. The van der Waals surface area contributed by atoms with Crippen LogP contribution in [0.25, 0.3) is 0 Å². The topological polar surface area (TPSA) is 26.3 Å². The van der Waals surface area contributed by atoms with E-state index >= 15 is 0 Å². The largest absolute Gasteiger partial charge is 0.367 e. The minimum absolute atomic E-state index is 0.156. The fraction of sp³-hybridized carbons (Fsp3) is 0.667. The van der Waals surface area contributed by atoms with Gasteiger partial charge in [-0.2, -0.15) is 0 Å². The van der Waals surface area contributed by atoms with Gasteiger partial charge in [0.05, 0.1) is 14.2 Å². The molecular weight excluding hydrogens is 312 g/mol. The van der Waals surface area contributed by atoms with E-state index in [1.54, 1.807) is 0 Å². The molecule has 0 bridgehead atoms. The van der Waals surface area contributed by atoms with Crippen molar-refractivity contribution >= 4 is 13.9 Å². The molecule has 1 aromatic rings. The molecular formula is C21H34O2Si. The Hall–Kier alpha value is -0.933. The van der Waals surface area contributed by atoms with Crippen LogP contribution in [-0.4, -0.2) is 26.1 Å². The van der Waals surface area contributed by atoms with Crippen molar-refractivity contribution in [1.29, 1.82) is 0 Å². The summed E-state index contributed by atoms with van der Waals surface area (Å²) in [6.07, 6.45) is 1.93. The summed E-state index contributed by atoms with van der Waals surface area (Å²) in [5.41, 5.74) is 3.00. The van der Waals surface area contributed by atoms with Crippen molar-refractivity contribution < 1.29 is 9.53 Å². The molecule has 1 aliphatic rings. The number of hydrogen-bond donors (Lipinski definition) is 0. The van der Waals surface area contributed by atoms with E-state index < -0.39 is 8.07 Å². The van der Waals surface area contributed by atoms with Crippen LogP contribution in [0.2, 0.25) is 22.7 Å². The summed E-state index contributed by atoms with van der Waals surface area (Å²) in [5.74, 6) is 0.156. The Kier molecular flexibility index (Phi) is 6.44.